The number of nitrogens with zero attached hydrogens (tertiary/aromatic N) is 1. The fourth-order valence-electron chi connectivity index (χ4n) is 2.09. The van der Waals surface area contributed by atoms with Crippen molar-refractivity contribution < 1.29 is 13.5 Å². The van der Waals surface area contributed by atoms with E-state index in [-0.39, 0.29) is 4.90 Å². The summed E-state index contributed by atoms with van der Waals surface area (Å²) in [6.45, 7) is 0. The molecule has 0 saturated heterocycles. The average Bonchev–Trinajstić information content (AvgIpc) is 2.77. The molecule has 1 aromatic heterocycles. The van der Waals surface area contributed by atoms with E-state index >= 15 is 0 Å². The number of aromatic nitrogens is 2. The summed E-state index contributed by atoms with van der Waals surface area (Å²) in [5.74, 6) is -0.509. The van der Waals surface area contributed by atoms with Crippen LogP contribution in [0.25, 0.3) is 10.8 Å². The summed E-state index contributed by atoms with van der Waals surface area (Å²) >= 11 is 3.30. The van der Waals surface area contributed by atoms with Gasteiger partial charge in [-0.1, -0.05) is 34.1 Å². The van der Waals surface area contributed by atoms with E-state index in [0.717, 1.165) is 16.1 Å². The third-order valence-electron chi connectivity index (χ3n) is 3.02. The van der Waals surface area contributed by atoms with Crippen LogP contribution in [0.2, 0.25) is 0 Å². The van der Waals surface area contributed by atoms with Crippen LogP contribution in [0.4, 0.5) is 0 Å². The average molecular weight is 369 g/mol. The molecular weight excluding hydrogens is 360 g/mol. The molecule has 6 nitrogen and oxygen atoms in total. The van der Waals surface area contributed by atoms with Crippen LogP contribution in [0.15, 0.2) is 56.8 Å². The van der Waals surface area contributed by atoms with E-state index in [1.54, 1.807) is 30.3 Å². The normalized spacial score (nSPS) is 11.9. The smallest absolute Gasteiger partial charge is 0.342 e. The maximum atomic E-state index is 12.6. The Morgan fingerprint density at radius 3 is 2.62 bits per heavy atom. The number of fused-ring (bicyclic) bond motifs is 1. The van der Waals surface area contributed by atoms with Gasteiger partial charge in [-0.25, -0.2) is 13.2 Å². The van der Waals surface area contributed by atoms with E-state index in [1.165, 1.54) is 6.07 Å². The maximum absolute atomic E-state index is 12.6. The van der Waals surface area contributed by atoms with Gasteiger partial charge in [0.25, 0.3) is 10.0 Å². The van der Waals surface area contributed by atoms with E-state index in [9.17, 15) is 18.3 Å². The van der Waals surface area contributed by atoms with Gasteiger partial charge in [-0.05, 0) is 23.6 Å². The van der Waals surface area contributed by atoms with Gasteiger partial charge in [0.1, 0.15) is 0 Å². The van der Waals surface area contributed by atoms with Crippen molar-refractivity contribution in [2.75, 3.05) is 0 Å². The Labute approximate surface area is 127 Å². The highest BCUT2D eigenvalue weighted by molar-refractivity contribution is 9.10. The summed E-state index contributed by atoms with van der Waals surface area (Å²) in [4.78, 5) is 13.6. The lowest BCUT2D eigenvalue weighted by Gasteiger charge is -2.08. The number of hydrogen-bond donors (Lipinski definition) is 2. The Kier molecular flexibility index (Phi) is 3.14. The highest BCUT2D eigenvalue weighted by atomic mass is 79.9. The van der Waals surface area contributed by atoms with Crippen LogP contribution in [-0.4, -0.2) is 22.5 Å². The van der Waals surface area contributed by atoms with Gasteiger partial charge in [-0.2, -0.15) is 3.97 Å². The topological polar surface area (TPSA) is 92.2 Å². The van der Waals surface area contributed by atoms with Gasteiger partial charge < -0.3 is 5.11 Å². The summed E-state index contributed by atoms with van der Waals surface area (Å²) in [5, 5.41) is 10.5. The van der Waals surface area contributed by atoms with E-state index in [4.69, 9.17) is 0 Å². The van der Waals surface area contributed by atoms with Crippen LogP contribution < -0.4 is 5.69 Å². The molecule has 21 heavy (non-hydrogen) atoms. The zero-order valence-electron chi connectivity index (χ0n) is 10.4. The summed E-state index contributed by atoms with van der Waals surface area (Å²) in [7, 11) is -4.10. The molecule has 1 heterocycles. The predicted octanol–water partition coefficient (Wildman–Crippen LogP) is 2.03. The van der Waals surface area contributed by atoms with Gasteiger partial charge in [0.2, 0.25) is 5.88 Å². The Balaban J connectivity index is 2.36. The van der Waals surface area contributed by atoms with Crippen molar-refractivity contribution in [3.8, 4) is 5.88 Å². The zero-order chi connectivity index (χ0) is 15.2. The quantitative estimate of drug-likeness (QED) is 0.723. The molecule has 0 fully saturated rings. The number of aromatic amines is 1. The minimum Gasteiger partial charge on any atom is -0.493 e. The molecule has 3 rings (SSSR count). The fraction of sp³-hybridized carbons (Fsp3) is 0. The molecule has 0 saturated carbocycles. The Morgan fingerprint density at radius 1 is 1.19 bits per heavy atom. The predicted molar refractivity (Wildman–Crippen MR) is 80.9 cm³/mol. The first-order valence-electron chi connectivity index (χ1n) is 5.84. The molecule has 0 unspecified atom stereocenters. The van der Waals surface area contributed by atoms with Crippen LogP contribution >= 0.6 is 15.9 Å². The molecule has 2 N–H and O–H groups in total. The second-order valence-corrected chi connectivity index (χ2v) is 7.07. The molecule has 0 amide bonds. The highest BCUT2D eigenvalue weighted by Gasteiger charge is 2.22. The second kappa shape index (κ2) is 4.74. The number of halogens is 1. The summed E-state index contributed by atoms with van der Waals surface area (Å²) < 4.78 is 26.4. The first-order valence-corrected chi connectivity index (χ1v) is 8.07. The summed E-state index contributed by atoms with van der Waals surface area (Å²) in [5.41, 5.74) is -0.917. The minimum atomic E-state index is -4.10. The van der Waals surface area contributed by atoms with Crippen molar-refractivity contribution in [2.45, 2.75) is 4.90 Å². The maximum Gasteiger partial charge on any atom is 0.342 e. The number of rotatable bonds is 2. The Hall–Kier alpha value is -2.06. The molecule has 0 spiro atoms. The fourth-order valence-corrected chi connectivity index (χ4v) is 3.87. The third-order valence-corrected chi connectivity index (χ3v) is 5.21. The first kappa shape index (κ1) is 13.9. The van der Waals surface area contributed by atoms with Gasteiger partial charge in [-0.15, -0.1) is 0 Å². The highest BCUT2D eigenvalue weighted by Crippen LogP contribution is 2.27. The van der Waals surface area contributed by atoms with Crippen LogP contribution in [0, 0.1) is 0 Å². The van der Waals surface area contributed by atoms with Gasteiger partial charge in [-0.3, -0.25) is 4.98 Å². The van der Waals surface area contributed by atoms with E-state index in [1.807, 2.05) is 4.98 Å². The first-order chi connectivity index (χ1) is 9.89. The summed E-state index contributed by atoms with van der Waals surface area (Å²) in [6, 6.07) is 10.0. The number of H-pyrrole nitrogens is 1. The van der Waals surface area contributed by atoms with Crippen molar-refractivity contribution in [3.05, 3.63) is 57.6 Å². The molecule has 0 bridgehead atoms. The SMILES string of the molecule is O=c1[nH]c(O)cn1S(=O)(=O)c1cccc2ccc(Br)cc12. The van der Waals surface area contributed by atoms with Gasteiger partial charge in [0.05, 0.1) is 11.1 Å². The lowest BCUT2D eigenvalue weighted by molar-refractivity contribution is 0.455. The molecule has 0 aliphatic rings. The lowest BCUT2D eigenvalue weighted by atomic mass is 10.1. The van der Waals surface area contributed by atoms with Gasteiger partial charge in [0, 0.05) is 9.86 Å². The molecule has 8 heteroatoms. The van der Waals surface area contributed by atoms with Crippen molar-refractivity contribution in [1.82, 2.24) is 8.96 Å². The minimum absolute atomic E-state index is 0.0117. The molecular formula is C13H9BrN2O4S. The molecule has 0 radical (unpaired) electrons. The largest absolute Gasteiger partial charge is 0.493 e. The van der Waals surface area contributed by atoms with Gasteiger partial charge >= 0.3 is 5.69 Å². The molecule has 0 atom stereocenters. The number of hydrogen-bond acceptors (Lipinski definition) is 4. The van der Waals surface area contributed by atoms with Crippen molar-refractivity contribution >= 4 is 36.7 Å². The Morgan fingerprint density at radius 2 is 1.95 bits per heavy atom. The van der Waals surface area contributed by atoms with Crippen molar-refractivity contribution in [1.29, 1.82) is 0 Å². The molecule has 108 valence electrons. The molecule has 2 aromatic carbocycles. The van der Waals surface area contributed by atoms with Crippen LogP contribution in [0.1, 0.15) is 0 Å². The van der Waals surface area contributed by atoms with E-state index in [0.29, 0.717) is 9.36 Å². The lowest BCUT2D eigenvalue weighted by Crippen LogP contribution is -2.24. The van der Waals surface area contributed by atoms with Crippen LogP contribution in [0.3, 0.4) is 0 Å². The van der Waals surface area contributed by atoms with Crippen LogP contribution in [0.5, 0.6) is 5.88 Å². The molecule has 0 aliphatic carbocycles. The van der Waals surface area contributed by atoms with Crippen molar-refractivity contribution in [3.63, 3.8) is 0 Å². The number of nitrogens with one attached hydrogen (secondary N) is 1. The second-order valence-electron chi connectivity index (χ2n) is 4.37. The molecule has 0 aliphatic heterocycles. The van der Waals surface area contributed by atoms with E-state index in [2.05, 4.69) is 15.9 Å². The van der Waals surface area contributed by atoms with Gasteiger partial charge in [0.15, 0.2) is 0 Å². The Bertz CT molecular complexity index is 1000. The standard InChI is InChI=1S/C13H9BrN2O4S/c14-9-5-4-8-2-1-3-11(10(8)6-9)21(19,20)16-7-12(17)15-13(16)18/h1-7,17H,(H,15,18). The third kappa shape index (κ3) is 2.26. The van der Waals surface area contributed by atoms with Crippen molar-refractivity contribution in [2.24, 2.45) is 0 Å². The van der Waals surface area contributed by atoms with E-state index < -0.39 is 21.6 Å². The number of aromatic hydroxyl groups is 1. The zero-order valence-corrected chi connectivity index (χ0v) is 12.8. The number of benzene rings is 2. The monoisotopic (exact) mass is 368 g/mol. The number of imidazole rings is 1. The summed E-state index contributed by atoms with van der Waals surface area (Å²) in [6.07, 6.45) is 0.842. The molecule has 3 aromatic rings. The van der Waals surface area contributed by atoms with Crippen LogP contribution in [-0.2, 0) is 10.0 Å².